The molecular formula is C22H17N3. The second-order valence-corrected chi connectivity index (χ2v) is 6.47. The van der Waals surface area contributed by atoms with Crippen LogP contribution in [0.25, 0.3) is 33.1 Å². The van der Waals surface area contributed by atoms with E-state index in [2.05, 4.69) is 60.0 Å². The van der Waals surface area contributed by atoms with Crippen molar-refractivity contribution in [1.82, 2.24) is 14.5 Å². The predicted molar refractivity (Wildman–Crippen MR) is 103 cm³/mol. The van der Waals surface area contributed by atoms with E-state index >= 15 is 0 Å². The average Bonchev–Trinajstić information content (AvgIpc) is 2.95. The van der Waals surface area contributed by atoms with Gasteiger partial charge in [-0.1, -0.05) is 60.2 Å². The van der Waals surface area contributed by atoms with E-state index < -0.39 is 0 Å². The number of aromatic nitrogens is 3. The number of fused-ring (bicyclic) bond motifs is 4. The Morgan fingerprint density at radius 1 is 0.760 bits per heavy atom. The number of aryl methyl sites for hydroxylation is 1. The lowest BCUT2D eigenvalue weighted by molar-refractivity contribution is 0.857. The van der Waals surface area contributed by atoms with Crippen LogP contribution in [0.2, 0.25) is 0 Å². The number of benzene rings is 3. The molecule has 0 N–H and O–H groups in total. The molecule has 0 aliphatic carbocycles. The van der Waals surface area contributed by atoms with Crippen LogP contribution < -0.4 is 0 Å². The minimum absolute atomic E-state index is 0.789. The lowest BCUT2D eigenvalue weighted by atomic mass is 10.1. The molecule has 25 heavy (non-hydrogen) atoms. The summed E-state index contributed by atoms with van der Waals surface area (Å²) in [5.41, 5.74) is 7.51. The molecule has 3 aromatic carbocycles. The van der Waals surface area contributed by atoms with E-state index in [1.807, 2.05) is 24.3 Å². The maximum absolute atomic E-state index is 4.93. The van der Waals surface area contributed by atoms with Gasteiger partial charge in [-0.15, -0.1) is 0 Å². The zero-order chi connectivity index (χ0) is 16.8. The molecular weight excluding hydrogens is 306 g/mol. The van der Waals surface area contributed by atoms with Crippen molar-refractivity contribution in [1.29, 1.82) is 0 Å². The Hall–Kier alpha value is -3.20. The van der Waals surface area contributed by atoms with Gasteiger partial charge in [0.15, 0.2) is 5.65 Å². The molecule has 3 heteroatoms. The first-order valence-corrected chi connectivity index (χ1v) is 8.49. The molecule has 0 atom stereocenters. The van der Waals surface area contributed by atoms with Gasteiger partial charge >= 0.3 is 0 Å². The van der Waals surface area contributed by atoms with Gasteiger partial charge in [0.1, 0.15) is 5.52 Å². The topological polar surface area (TPSA) is 30.7 Å². The Labute approximate surface area is 145 Å². The molecule has 2 heterocycles. The third-order valence-corrected chi connectivity index (χ3v) is 4.72. The largest absolute Gasteiger partial charge is 0.319 e. The fourth-order valence-corrected chi connectivity index (χ4v) is 3.42. The van der Waals surface area contributed by atoms with Gasteiger partial charge in [-0.25, -0.2) is 9.97 Å². The highest BCUT2D eigenvalue weighted by Crippen LogP contribution is 2.28. The zero-order valence-corrected chi connectivity index (χ0v) is 14.0. The molecule has 0 spiro atoms. The lowest BCUT2D eigenvalue weighted by Gasteiger charge is -2.07. The number of hydrogen-bond donors (Lipinski definition) is 0. The fraction of sp³-hybridized carbons (Fsp3) is 0.0909. The van der Waals surface area contributed by atoms with Crippen molar-refractivity contribution in [3.8, 4) is 0 Å². The van der Waals surface area contributed by atoms with Gasteiger partial charge in [-0.2, -0.15) is 0 Å². The van der Waals surface area contributed by atoms with E-state index in [1.165, 1.54) is 16.6 Å². The van der Waals surface area contributed by atoms with Gasteiger partial charge in [0, 0.05) is 11.9 Å². The molecule has 2 aromatic heterocycles. The Balaban J connectivity index is 1.82. The summed E-state index contributed by atoms with van der Waals surface area (Å²) >= 11 is 0. The van der Waals surface area contributed by atoms with Crippen LogP contribution in [0.3, 0.4) is 0 Å². The molecule has 0 amide bonds. The second-order valence-electron chi connectivity index (χ2n) is 6.47. The van der Waals surface area contributed by atoms with Crippen LogP contribution in [0.1, 0.15) is 11.1 Å². The third kappa shape index (κ3) is 2.28. The molecule has 3 nitrogen and oxygen atoms in total. The highest BCUT2D eigenvalue weighted by molar-refractivity contribution is 6.06. The van der Waals surface area contributed by atoms with Gasteiger partial charge in [-0.05, 0) is 30.7 Å². The van der Waals surface area contributed by atoms with Crippen molar-refractivity contribution in [2.45, 2.75) is 13.5 Å². The Morgan fingerprint density at radius 3 is 2.24 bits per heavy atom. The van der Waals surface area contributed by atoms with Crippen LogP contribution in [-0.4, -0.2) is 14.5 Å². The highest BCUT2D eigenvalue weighted by Gasteiger charge is 2.14. The van der Waals surface area contributed by atoms with E-state index in [9.17, 15) is 0 Å². The molecule has 0 fully saturated rings. The summed E-state index contributed by atoms with van der Waals surface area (Å²) in [6, 6.07) is 25.2. The summed E-state index contributed by atoms with van der Waals surface area (Å²) in [4.78, 5) is 9.83. The molecule has 0 aliphatic heterocycles. The van der Waals surface area contributed by atoms with E-state index in [1.54, 1.807) is 0 Å². The summed E-state index contributed by atoms with van der Waals surface area (Å²) in [5.74, 6) is 0. The van der Waals surface area contributed by atoms with Crippen LogP contribution in [-0.2, 0) is 6.54 Å². The number of hydrogen-bond acceptors (Lipinski definition) is 2. The monoisotopic (exact) mass is 323 g/mol. The predicted octanol–water partition coefficient (Wildman–Crippen LogP) is 5.09. The van der Waals surface area contributed by atoms with Crippen LogP contribution in [0.5, 0.6) is 0 Å². The van der Waals surface area contributed by atoms with Crippen molar-refractivity contribution >= 4 is 33.1 Å². The zero-order valence-electron chi connectivity index (χ0n) is 14.0. The summed E-state index contributed by atoms with van der Waals surface area (Å²) in [5, 5.41) is 1.16. The van der Waals surface area contributed by atoms with Gasteiger partial charge < -0.3 is 4.57 Å². The van der Waals surface area contributed by atoms with Crippen molar-refractivity contribution < 1.29 is 0 Å². The lowest BCUT2D eigenvalue weighted by Crippen LogP contribution is -2.01. The summed E-state index contributed by atoms with van der Waals surface area (Å²) < 4.78 is 2.27. The van der Waals surface area contributed by atoms with Crippen LogP contribution in [0.15, 0.2) is 72.8 Å². The smallest absolute Gasteiger partial charge is 0.160 e. The first kappa shape index (κ1) is 14.2. The van der Waals surface area contributed by atoms with Crippen molar-refractivity contribution in [3.05, 3.63) is 83.9 Å². The highest BCUT2D eigenvalue weighted by atomic mass is 15.1. The van der Waals surface area contributed by atoms with Crippen molar-refractivity contribution in [2.24, 2.45) is 0 Å². The molecule has 0 aliphatic rings. The number of para-hydroxylation sites is 3. The summed E-state index contributed by atoms with van der Waals surface area (Å²) in [6.07, 6.45) is 0. The first-order valence-electron chi connectivity index (χ1n) is 8.49. The van der Waals surface area contributed by atoms with E-state index in [-0.39, 0.29) is 0 Å². The SMILES string of the molecule is Cc1ccc(Cn2c3ccccc3c3nc4ccccc4nc32)cc1. The van der Waals surface area contributed by atoms with Gasteiger partial charge in [0.05, 0.1) is 16.6 Å². The van der Waals surface area contributed by atoms with E-state index in [4.69, 9.17) is 9.97 Å². The normalized spacial score (nSPS) is 11.6. The first-order chi connectivity index (χ1) is 12.3. The Morgan fingerprint density at radius 2 is 1.44 bits per heavy atom. The standard InChI is InChI=1S/C22H17N3/c1-15-10-12-16(13-11-15)14-25-20-9-5-2-6-17(20)21-22(25)24-19-8-4-3-7-18(19)23-21/h2-13H,14H2,1H3. The van der Waals surface area contributed by atoms with Gasteiger partial charge in [0.25, 0.3) is 0 Å². The number of nitrogens with zero attached hydrogens (tertiary/aromatic N) is 3. The molecule has 5 rings (SSSR count). The summed E-state index contributed by atoms with van der Waals surface area (Å²) in [7, 11) is 0. The van der Waals surface area contributed by atoms with Crippen LogP contribution in [0, 0.1) is 6.92 Å². The summed E-state index contributed by atoms with van der Waals surface area (Å²) in [6.45, 7) is 2.90. The van der Waals surface area contributed by atoms with E-state index in [0.29, 0.717) is 0 Å². The van der Waals surface area contributed by atoms with Crippen molar-refractivity contribution in [2.75, 3.05) is 0 Å². The van der Waals surface area contributed by atoms with Crippen molar-refractivity contribution in [3.63, 3.8) is 0 Å². The minimum atomic E-state index is 0.789. The van der Waals surface area contributed by atoms with Crippen LogP contribution in [0.4, 0.5) is 0 Å². The molecule has 0 saturated carbocycles. The second kappa shape index (κ2) is 5.42. The number of rotatable bonds is 2. The van der Waals surface area contributed by atoms with Crippen LogP contribution >= 0.6 is 0 Å². The third-order valence-electron chi connectivity index (χ3n) is 4.72. The molecule has 120 valence electrons. The average molecular weight is 323 g/mol. The fourth-order valence-electron chi connectivity index (χ4n) is 3.42. The molecule has 0 saturated heterocycles. The maximum Gasteiger partial charge on any atom is 0.160 e. The minimum Gasteiger partial charge on any atom is -0.319 e. The van der Waals surface area contributed by atoms with E-state index in [0.717, 1.165) is 34.1 Å². The molecule has 0 radical (unpaired) electrons. The molecule has 0 unspecified atom stereocenters. The van der Waals surface area contributed by atoms with Gasteiger partial charge in [-0.3, -0.25) is 0 Å². The maximum atomic E-state index is 4.93. The Kier molecular flexibility index (Phi) is 3.07. The van der Waals surface area contributed by atoms with Gasteiger partial charge in [0.2, 0.25) is 0 Å². The quantitative estimate of drug-likeness (QED) is 0.453. The Bertz CT molecular complexity index is 1220. The molecule has 0 bridgehead atoms. The molecule has 5 aromatic rings.